The Labute approximate surface area is 99.5 Å². The number of terminal acetylenes is 1. The van der Waals surface area contributed by atoms with Crippen molar-refractivity contribution in [2.75, 3.05) is 32.8 Å². The molecule has 0 aromatic rings. The van der Waals surface area contributed by atoms with Gasteiger partial charge in [0.05, 0.1) is 12.6 Å². The third kappa shape index (κ3) is 4.52. The van der Waals surface area contributed by atoms with Crippen molar-refractivity contribution in [1.29, 1.82) is 0 Å². The van der Waals surface area contributed by atoms with Crippen molar-refractivity contribution in [2.45, 2.75) is 38.8 Å². The molecule has 0 spiro atoms. The Hall–Kier alpha value is -0.560. The first-order chi connectivity index (χ1) is 7.77. The monoisotopic (exact) mass is 224 g/mol. The van der Waals surface area contributed by atoms with Crippen molar-refractivity contribution in [3.8, 4) is 12.3 Å². The van der Waals surface area contributed by atoms with Gasteiger partial charge in [-0.05, 0) is 26.7 Å². The molecule has 1 unspecified atom stereocenters. The van der Waals surface area contributed by atoms with Gasteiger partial charge in [0.1, 0.15) is 0 Å². The van der Waals surface area contributed by atoms with Crippen molar-refractivity contribution in [3.63, 3.8) is 0 Å². The standard InChI is InChI=1S/C13H24N2O/c1-4-8-14-11-12(3)15-9-6-13(7-10-15)16-5-2/h1,12-14H,5-11H2,2-3H3. The SMILES string of the molecule is C#CCNCC(C)N1CCC(OCC)CC1. The summed E-state index contributed by atoms with van der Waals surface area (Å²) in [6, 6.07) is 0.566. The molecule has 0 radical (unpaired) electrons. The molecular weight excluding hydrogens is 200 g/mol. The maximum Gasteiger partial charge on any atom is 0.0599 e. The van der Waals surface area contributed by atoms with E-state index in [0.29, 0.717) is 18.7 Å². The quantitative estimate of drug-likeness (QED) is 0.540. The third-order valence-electron chi connectivity index (χ3n) is 3.17. The molecule has 0 aromatic carbocycles. The van der Waals surface area contributed by atoms with E-state index in [1.807, 2.05) is 0 Å². The molecule has 1 aliphatic rings. The van der Waals surface area contributed by atoms with Crippen LogP contribution >= 0.6 is 0 Å². The zero-order valence-corrected chi connectivity index (χ0v) is 10.5. The Balaban J connectivity index is 2.17. The molecular formula is C13H24N2O. The number of hydrogen-bond acceptors (Lipinski definition) is 3. The summed E-state index contributed by atoms with van der Waals surface area (Å²) in [5.74, 6) is 2.60. The highest BCUT2D eigenvalue weighted by Gasteiger charge is 2.22. The van der Waals surface area contributed by atoms with Crippen LogP contribution in [-0.2, 0) is 4.74 Å². The maximum atomic E-state index is 5.64. The van der Waals surface area contributed by atoms with E-state index in [4.69, 9.17) is 11.2 Å². The van der Waals surface area contributed by atoms with Crippen molar-refractivity contribution < 1.29 is 4.74 Å². The highest BCUT2D eigenvalue weighted by atomic mass is 16.5. The van der Waals surface area contributed by atoms with E-state index in [9.17, 15) is 0 Å². The first-order valence-corrected chi connectivity index (χ1v) is 6.27. The molecule has 0 saturated carbocycles. The van der Waals surface area contributed by atoms with Gasteiger partial charge in [0, 0.05) is 32.3 Å². The second kappa shape index (κ2) is 7.67. The van der Waals surface area contributed by atoms with E-state index in [-0.39, 0.29) is 0 Å². The Morgan fingerprint density at radius 3 is 2.75 bits per heavy atom. The first-order valence-electron chi connectivity index (χ1n) is 6.27. The Morgan fingerprint density at radius 1 is 1.50 bits per heavy atom. The number of hydrogen-bond donors (Lipinski definition) is 1. The molecule has 1 atom stereocenters. The summed E-state index contributed by atoms with van der Waals surface area (Å²) < 4.78 is 5.64. The summed E-state index contributed by atoms with van der Waals surface area (Å²) in [5, 5.41) is 3.26. The molecule has 1 N–H and O–H groups in total. The molecule has 0 aliphatic carbocycles. The number of rotatable bonds is 6. The fourth-order valence-corrected chi connectivity index (χ4v) is 2.20. The molecule has 0 bridgehead atoms. The lowest BCUT2D eigenvalue weighted by atomic mass is 10.1. The predicted octanol–water partition coefficient (Wildman–Crippen LogP) is 1.10. The lowest BCUT2D eigenvalue weighted by molar-refractivity contribution is 0.00602. The van der Waals surface area contributed by atoms with Crippen molar-refractivity contribution in [2.24, 2.45) is 0 Å². The van der Waals surface area contributed by atoms with E-state index in [2.05, 4.69) is 30.0 Å². The van der Waals surface area contributed by atoms with Crippen LogP contribution in [0.4, 0.5) is 0 Å². The van der Waals surface area contributed by atoms with Crippen molar-refractivity contribution >= 4 is 0 Å². The summed E-state index contributed by atoms with van der Waals surface area (Å²) in [6.07, 6.45) is 8.00. The van der Waals surface area contributed by atoms with Gasteiger partial charge in [-0.3, -0.25) is 4.90 Å². The van der Waals surface area contributed by atoms with Gasteiger partial charge in [-0.15, -0.1) is 6.42 Å². The molecule has 1 aliphatic heterocycles. The van der Waals surface area contributed by atoms with Crippen LogP contribution in [-0.4, -0.2) is 49.8 Å². The molecule has 16 heavy (non-hydrogen) atoms. The highest BCUT2D eigenvalue weighted by molar-refractivity contribution is 4.87. The Bertz CT molecular complexity index is 216. The van der Waals surface area contributed by atoms with Crippen LogP contribution in [0.15, 0.2) is 0 Å². The van der Waals surface area contributed by atoms with Crippen LogP contribution in [0.3, 0.4) is 0 Å². The molecule has 1 heterocycles. The molecule has 0 aromatic heterocycles. The molecule has 1 fully saturated rings. The largest absolute Gasteiger partial charge is 0.378 e. The van der Waals surface area contributed by atoms with Gasteiger partial charge >= 0.3 is 0 Å². The molecule has 1 saturated heterocycles. The van der Waals surface area contributed by atoms with E-state index in [1.165, 1.54) is 0 Å². The van der Waals surface area contributed by atoms with Crippen LogP contribution in [0.1, 0.15) is 26.7 Å². The minimum Gasteiger partial charge on any atom is -0.378 e. The lowest BCUT2D eigenvalue weighted by Crippen LogP contribution is -2.46. The van der Waals surface area contributed by atoms with Gasteiger partial charge in [0.2, 0.25) is 0 Å². The summed E-state index contributed by atoms with van der Waals surface area (Å²) in [6.45, 7) is 9.09. The second-order valence-corrected chi connectivity index (χ2v) is 4.37. The minimum atomic E-state index is 0.479. The van der Waals surface area contributed by atoms with Crippen LogP contribution in [0.5, 0.6) is 0 Å². The zero-order chi connectivity index (χ0) is 11.8. The van der Waals surface area contributed by atoms with Gasteiger partial charge in [0.25, 0.3) is 0 Å². The fourth-order valence-electron chi connectivity index (χ4n) is 2.20. The molecule has 0 amide bonds. The number of nitrogens with zero attached hydrogens (tertiary/aromatic N) is 1. The Kier molecular flexibility index (Phi) is 6.47. The third-order valence-corrected chi connectivity index (χ3v) is 3.17. The first kappa shape index (κ1) is 13.5. The van der Waals surface area contributed by atoms with Crippen molar-refractivity contribution in [1.82, 2.24) is 10.2 Å². The van der Waals surface area contributed by atoms with E-state index >= 15 is 0 Å². The van der Waals surface area contributed by atoms with Gasteiger partial charge in [-0.25, -0.2) is 0 Å². The average molecular weight is 224 g/mol. The summed E-state index contributed by atoms with van der Waals surface area (Å²) in [4.78, 5) is 2.51. The molecule has 3 heteroatoms. The van der Waals surface area contributed by atoms with Crippen LogP contribution < -0.4 is 5.32 Å². The maximum absolute atomic E-state index is 5.64. The molecule has 92 valence electrons. The van der Waals surface area contributed by atoms with Gasteiger partial charge in [0.15, 0.2) is 0 Å². The predicted molar refractivity (Wildman–Crippen MR) is 67.4 cm³/mol. The van der Waals surface area contributed by atoms with Crippen LogP contribution in [0.25, 0.3) is 0 Å². The van der Waals surface area contributed by atoms with Crippen LogP contribution in [0, 0.1) is 12.3 Å². The lowest BCUT2D eigenvalue weighted by Gasteiger charge is -2.35. The average Bonchev–Trinajstić information content (AvgIpc) is 2.30. The number of piperidine rings is 1. The van der Waals surface area contributed by atoms with Gasteiger partial charge < -0.3 is 10.1 Å². The highest BCUT2D eigenvalue weighted by Crippen LogP contribution is 2.15. The normalized spacial score (nSPS) is 20.6. The van der Waals surface area contributed by atoms with Gasteiger partial charge in [-0.2, -0.15) is 0 Å². The van der Waals surface area contributed by atoms with Crippen molar-refractivity contribution in [3.05, 3.63) is 0 Å². The van der Waals surface area contributed by atoms with E-state index in [1.54, 1.807) is 0 Å². The zero-order valence-electron chi connectivity index (χ0n) is 10.5. The Morgan fingerprint density at radius 2 is 2.19 bits per heavy atom. The minimum absolute atomic E-state index is 0.479. The number of ether oxygens (including phenoxy) is 1. The number of nitrogens with one attached hydrogen (secondary N) is 1. The topological polar surface area (TPSA) is 24.5 Å². The molecule has 3 nitrogen and oxygen atoms in total. The molecule has 1 rings (SSSR count). The summed E-state index contributed by atoms with van der Waals surface area (Å²) >= 11 is 0. The fraction of sp³-hybridized carbons (Fsp3) is 0.846. The van der Waals surface area contributed by atoms with Crippen LogP contribution in [0.2, 0.25) is 0 Å². The van der Waals surface area contributed by atoms with E-state index < -0.39 is 0 Å². The summed E-state index contributed by atoms with van der Waals surface area (Å²) in [5.41, 5.74) is 0. The van der Waals surface area contributed by atoms with Gasteiger partial charge in [-0.1, -0.05) is 5.92 Å². The smallest absolute Gasteiger partial charge is 0.0599 e. The summed E-state index contributed by atoms with van der Waals surface area (Å²) in [7, 11) is 0. The number of likely N-dealkylation sites (tertiary alicyclic amines) is 1. The second-order valence-electron chi connectivity index (χ2n) is 4.37. The van der Waals surface area contributed by atoms with E-state index in [0.717, 1.165) is 39.1 Å².